The second-order valence-electron chi connectivity index (χ2n) is 6.11. The summed E-state index contributed by atoms with van der Waals surface area (Å²) in [5.41, 5.74) is 2.25. The van der Waals surface area contributed by atoms with E-state index in [-0.39, 0.29) is 11.7 Å². The minimum Gasteiger partial charge on any atom is -0.497 e. The minimum atomic E-state index is -2.76. The average molecular weight is 381 g/mol. The number of alkyl halides is 2. The molecule has 2 heterocycles. The van der Waals surface area contributed by atoms with Crippen molar-refractivity contribution >= 4 is 11.5 Å². The van der Waals surface area contributed by atoms with E-state index < -0.39 is 12.2 Å². The molecule has 1 N–H and O–H groups in total. The van der Waals surface area contributed by atoms with Crippen molar-refractivity contribution < 1.29 is 13.5 Å². The number of halogens is 2. The van der Waals surface area contributed by atoms with Gasteiger partial charge in [0.05, 0.1) is 13.2 Å². The molecule has 0 spiro atoms. The van der Waals surface area contributed by atoms with Crippen molar-refractivity contribution in [2.24, 2.45) is 0 Å². The van der Waals surface area contributed by atoms with Crippen molar-refractivity contribution in [3.63, 3.8) is 0 Å². The maximum atomic E-state index is 13.1. The van der Waals surface area contributed by atoms with Crippen LogP contribution < -0.4 is 10.1 Å². The number of nitrogens with one attached hydrogen (secondary N) is 1. The Morgan fingerprint density at radius 3 is 2.29 bits per heavy atom. The zero-order chi connectivity index (χ0) is 19.5. The molecule has 0 aliphatic rings. The van der Waals surface area contributed by atoms with E-state index in [9.17, 15) is 8.78 Å². The molecule has 0 radical (unpaired) electrons. The monoisotopic (exact) mass is 381 g/mol. The van der Waals surface area contributed by atoms with Crippen molar-refractivity contribution in [2.45, 2.75) is 12.5 Å². The van der Waals surface area contributed by atoms with Crippen LogP contribution in [0, 0.1) is 0 Å². The highest BCUT2D eigenvalue weighted by Crippen LogP contribution is 2.28. The van der Waals surface area contributed by atoms with Crippen LogP contribution >= 0.6 is 0 Å². The van der Waals surface area contributed by atoms with Gasteiger partial charge in [-0.1, -0.05) is 42.5 Å². The van der Waals surface area contributed by atoms with Crippen molar-refractivity contribution in [1.29, 1.82) is 0 Å². The van der Waals surface area contributed by atoms with Crippen LogP contribution in [0.5, 0.6) is 5.75 Å². The molecule has 4 aromatic rings. The van der Waals surface area contributed by atoms with E-state index in [4.69, 9.17) is 4.74 Å². The van der Waals surface area contributed by atoms with Gasteiger partial charge in [-0.25, -0.2) is 8.78 Å². The largest absolute Gasteiger partial charge is 0.497 e. The fourth-order valence-corrected chi connectivity index (χ4v) is 2.97. The number of aromatic nitrogens is 4. The van der Waals surface area contributed by atoms with Gasteiger partial charge in [0.25, 0.3) is 6.43 Å². The fourth-order valence-electron chi connectivity index (χ4n) is 2.97. The molecule has 2 aromatic heterocycles. The van der Waals surface area contributed by atoms with Gasteiger partial charge in [0.2, 0.25) is 5.82 Å². The van der Waals surface area contributed by atoms with Gasteiger partial charge in [0, 0.05) is 0 Å². The van der Waals surface area contributed by atoms with Crippen LogP contribution in [0.2, 0.25) is 0 Å². The number of fused-ring (bicyclic) bond motifs is 1. The third kappa shape index (κ3) is 3.48. The van der Waals surface area contributed by atoms with E-state index in [1.54, 1.807) is 19.2 Å². The maximum absolute atomic E-state index is 13.1. The zero-order valence-electron chi connectivity index (χ0n) is 15.0. The molecule has 0 amide bonds. The van der Waals surface area contributed by atoms with Gasteiger partial charge in [-0.05, 0) is 35.4 Å². The van der Waals surface area contributed by atoms with Gasteiger partial charge in [0.15, 0.2) is 5.65 Å². The normalized spacial score (nSPS) is 12.3. The van der Waals surface area contributed by atoms with Crippen molar-refractivity contribution in [3.8, 4) is 5.75 Å². The molecule has 0 saturated carbocycles. The summed E-state index contributed by atoms with van der Waals surface area (Å²) in [4.78, 5) is 0. The summed E-state index contributed by atoms with van der Waals surface area (Å²) in [5, 5.41) is 14.8. The number of ether oxygens (including phenoxy) is 1. The summed E-state index contributed by atoms with van der Waals surface area (Å²) in [6.07, 6.45) is -2.76. The highest BCUT2D eigenvalue weighted by Gasteiger charge is 2.19. The lowest BCUT2D eigenvalue weighted by Gasteiger charge is -2.20. The van der Waals surface area contributed by atoms with Crippen LogP contribution in [-0.2, 0) is 0 Å². The Bertz CT molecular complexity index is 1070. The first-order valence-electron chi connectivity index (χ1n) is 8.61. The summed E-state index contributed by atoms with van der Waals surface area (Å²) < 4.78 is 32.5. The fraction of sp³-hybridized carbons (Fsp3) is 0.150. The highest BCUT2D eigenvalue weighted by atomic mass is 19.3. The van der Waals surface area contributed by atoms with E-state index >= 15 is 0 Å². The van der Waals surface area contributed by atoms with Gasteiger partial charge in [0.1, 0.15) is 11.6 Å². The molecule has 6 nitrogen and oxygen atoms in total. The molecule has 0 saturated heterocycles. The van der Waals surface area contributed by atoms with E-state index in [1.807, 2.05) is 54.6 Å². The molecule has 1 unspecified atom stereocenters. The van der Waals surface area contributed by atoms with Crippen molar-refractivity contribution in [2.75, 3.05) is 12.4 Å². The van der Waals surface area contributed by atoms with Crippen molar-refractivity contribution in [3.05, 3.63) is 83.7 Å². The Balaban J connectivity index is 1.73. The van der Waals surface area contributed by atoms with Gasteiger partial charge in [-0.15, -0.1) is 15.3 Å². The molecule has 0 aliphatic heterocycles. The number of rotatable bonds is 6. The molecule has 4 rings (SSSR count). The lowest BCUT2D eigenvalue weighted by Crippen LogP contribution is -2.14. The van der Waals surface area contributed by atoms with Gasteiger partial charge >= 0.3 is 0 Å². The topological polar surface area (TPSA) is 64.3 Å². The molecule has 8 heteroatoms. The average Bonchev–Trinajstić information content (AvgIpc) is 3.16. The molecule has 0 aliphatic carbocycles. The van der Waals surface area contributed by atoms with Crippen LogP contribution in [-0.4, -0.2) is 26.9 Å². The summed E-state index contributed by atoms with van der Waals surface area (Å²) in [5.74, 6) is 0.694. The highest BCUT2D eigenvalue weighted by molar-refractivity contribution is 5.48. The standard InChI is InChI=1S/C20H17F2N5O/c1-28-15-9-7-14(8-10-15)18(13-5-3-2-4-6-13)23-16-11-12-17-24-25-20(19(21)22)27(17)26-16/h2-12,18-19H,1H3,(H,23,26). The predicted octanol–water partition coefficient (Wildman–Crippen LogP) is 4.27. The summed E-state index contributed by atoms with van der Waals surface area (Å²) in [7, 11) is 1.61. The second-order valence-corrected chi connectivity index (χ2v) is 6.11. The van der Waals surface area contributed by atoms with Gasteiger partial charge < -0.3 is 10.1 Å². The molecule has 142 valence electrons. The van der Waals surface area contributed by atoms with E-state index in [0.29, 0.717) is 5.82 Å². The number of nitrogens with zero attached hydrogens (tertiary/aromatic N) is 4. The summed E-state index contributed by atoms with van der Waals surface area (Å²) in [6.45, 7) is 0. The van der Waals surface area contributed by atoms with Crippen LogP contribution in [0.1, 0.15) is 29.4 Å². The molecular formula is C20H17F2N5O. The van der Waals surface area contributed by atoms with Gasteiger partial charge in [-0.2, -0.15) is 4.52 Å². The smallest absolute Gasteiger partial charge is 0.299 e. The summed E-state index contributed by atoms with van der Waals surface area (Å²) >= 11 is 0. The third-order valence-electron chi connectivity index (χ3n) is 4.36. The second kappa shape index (κ2) is 7.59. The number of methoxy groups -OCH3 is 1. The SMILES string of the molecule is COc1ccc(C(Nc2ccc3nnc(C(F)F)n3n2)c2ccccc2)cc1. The lowest BCUT2D eigenvalue weighted by atomic mass is 9.98. The molecular weight excluding hydrogens is 364 g/mol. The van der Waals surface area contributed by atoms with Crippen LogP contribution in [0.4, 0.5) is 14.6 Å². The number of anilines is 1. The lowest BCUT2D eigenvalue weighted by molar-refractivity contribution is 0.137. The first-order chi connectivity index (χ1) is 13.7. The third-order valence-corrected chi connectivity index (χ3v) is 4.36. The Morgan fingerprint density at radius 1 is 0.893 bits per heavy atom. The predicted molar refractivity (Wildman–Crippen MR) is 101 cm³/mol. The quantitative estimate of drug-likeness (QED) is 0.540. The van der Waals surface area contributed by atoms with E-state index in [2.05, 4.69) is 20.6 Å². The summed E-state index contributed by atoms with van der Waals surface area (Å²) in [6, 6.07) is 20.5. The number of hydrogen-bond acceptors (Lipinski definition) is 5. The molecule has 0 bridgehead atoms. The Kier molecular flexibility index (Phi) is 4.84. The van der Waals surface area contributed by atoms with Gasteiger partial charge in [-0.3, -0.25) is 0 Å². The Hall–Kier alpha value is -3.55. The number of hydrogen-bond donors (Lipinski definition) is 1. The molecule has 1 atom stereocenters. The van der Waals surface area contributed by atoms with E-state index in [0.717, 1.165) is 21.4 Å². The first-order valence-corrected chi connectivity index (χ1v) is 8.61. The van der Waals surface area contributed by atoms with Crippen LogP contribution in [0.25, 0.3) is 5.65 Å². The molecule has 2 aromatic carbocycles. The maximum Gasteiger partial charge on any atom is 0.299 e. The van der Waals surface area contributed by atoms with Crippen LogP contribution in [0.3, 0.4) is 0 Å². The molecule has 28 heavy (non-hydrogen) atoms. The Labute approximate surface area is 159 Å². The first kappa shape index (κ1) is 17.8. The van der Waals surface area contributed by atoms with E-state index in [1.165, 1.54) is 0 Å². The van der Waals surface area contributed by atoms with Crippen LogP contribution in [0.15, 0.2) is 66.7 Å². The zero-order valence-corrected chi connectivity index (χ0v) is 15.0. The Morgan fingerprint density at radius 2 is 1.61 bits per heavy atom. The minimum absolute atomic E-state index is 0.233. The van der Waals surface area contributed by atoms with Crippen molar-refractivity contribution in [1.82, 2.24) is 19.8 Å². The number of benzene rings is 2. The molecule has 0 fully saturated rings.